The van der Waals surface area contributed by atoms with Gasteiger partial charge >= 0.3 is 0 Å². The Kier molecular flexibility index (Phi) is 4.28. The predicted molar refractivity (Wildman–Crippen MR) is 75.2 cm³/mol. The number of methoxy groups -OCH3 is 1. The maximum Gasteiger partial charge on any atom is 0.213 e. The molecule has 20 heavy (non-hydrogen) atoms. The molecule has 0 spiro atoms. The molecule has 0 unspecified atom stereocenters. The van der Waals surface area contributed by atoms with Crippen molar-refractivity contribution in [2.45, 2.75) is 0 Å². The Morgan fingerprint density at radius 1 is 1.45 bits per heavy atom. The zero-order chi connectivity index (χ0) is 14.5. The van der Waals surface area contributed by atoms with Crippen molar-refractivity contribution in [3.63, 3.8) is 0 Å². The van der Waals surface area contributed by atoms with Gasteiger partial charge in [0, 0.05) is 0 Å². The smallest absolute Gasteiger partial charge is 0.213 e. The highest BCUT2D eigenvalue weighted by Crippen LogP contribution is 2.21. The molecule has 100 valence electrons. The lowest BCUT2D eigenvalue weighted by Gasteiger charge is -2.02. The van der Waals surface area contributed by atoms with Crippen molar-refractivity contribution >= 4 is 23.2 Å². The number of thiophene rings is 1. The van der Waals surface area contributed by atoms with E-state index >= 15 is 0 Å². The van der Waals surface area contributed by atoms with Gasteiger partial charge in [0.25, 0.3) is 0 Å². The Morgan fingerprint density at radius 2 is 2.25 bits per heavy atom. The lowest BCUT2D eigenvalue weighted by molar-refractivity contribution is 0.104. The van der Waals surface area contributed by atoms with Crippen molar-refractivity contribution in [1.29, 1.82) is 5.26 Å². The van der Waals surface area contributed by atoms with Crippen LogP contribution in [0.4, 0.5) is 4.39 Å². The fourth-order valence-electron chi connectivity index (χ4n) is 1.63. The van der Waals surface area contributed by atoms with E-state index < -0.39 is 5.82 Å². The number of ketones is 1. The van der Waals surface area contributed by atoms with Gasteiger partial charge in [-0.1, -0.05) is 12.1 Å². The van der Waals surface area contributed by atoms with Gasteiger partial charge in [0.2, 0.25) is 5.78 Å². The van der Waals surface area contributed by atoms with E-state index in [0.717, 1.165) is 0 Å². The Balaban J connectivity index is 2.35. The van der Waals surface area contributed by atoms with E-state index in [1.165, 1.54) is 36.7 Å². The van der Waals surface area contributed by atoms with Crippen LogP contribution >= 0.6 is 11.3 Å². The molecule has 2 aromatic rings. The summed E-state index contributed by atoms with van der Waals surface area (Å²) in [5, 5.41) is 10.8. The minimum absolute atomic E-state index is 0.0305. The lowest BCUT2D eigenvalue weighted by atomic mass is 10.1. The number of Topliss-reactive ketones (excluding diaryl/α,β-unsaturated/α-hetero) is 1. The molecule has 0 saturated carbocycles. The summed E-state index contributed by atoms with van der Waals surface area (Å²) in [6.45, 7) is 0. The van der Waals surface area contributed by atoms with E-state index in [1.807, 2.05) is 6.07 Å². The number of carbonyl (C=O) groups excluding carboxylic acids is 1. The highest BCUT2D eigenvalue weighted by Gasteiger charge is 2.13. The summed E-state index contributed by atoms with van der Waals surface area (Å²) in [5.41, 5.74) is 0.404. The highest BCUT2D eigenvalue weighted by atomic mass is 32.1. The largest absolute Gasteiger partial charge is 0.494 e. The lowest BCUT2D eigenvalue weighted by Crippen LogP contribution is -1.99. The van der Waals surface area contributed by atoms with Crippen LogP contribution in [-0.4, -0.2) is 12.9 Å². The van der Waals surface area contributed by atoms with Gasteiger partial charge in [-0.2, -0.15) is 5.26 Å². The molecule has 0 fully saturated rings. The second kappa shape index (κ2) is 6.13. The Hall–Kier alpha value is -2.45. The SMILES string of the molecule is COc1ccc(/C=C(\C#N)C(=O)c2cccs2)cc1F. The third-order valence-electron chi connectivity index (χ3n) is 2.60. The van der Waals surface area contributed by atoms with Crippen LogP contribution in [0.25, 0.3) is 6.08 Å². The van der Waals surface area contributed by atoms with E-state index in [9.17, 15) is 9.18 Å². The molecule has 3 nitrogen and oxygen atoms in total. The van der Waals surface area contributed by atoms with Crippen LogP contribution in [0.1, 0.15) is 15.2 Å². The first kappa shape index (κ1) is 14.0. The molecule has 1 heterocycles. The van der Waals surface area contributed by atoms with E-state index in [0.29, 0.717) is 10.4 Å². The Labute approximate surface area is 119 Å². The quantitative estimate of drug-likeness (QED) is 0.489. The van der Waals surface area contributed by atoms with Crippen LogP contribution in [-0.2, 0) is 0 Å². The topological polar surface area (TPSA) is 50.1 Å². The van der Waals surface area contributed by atoms with Crippen molar-refractivity contribution in [3.8, 4) is 11.8 Å². The molecule has 5 heteroatoms. The number of ether oxygens (including phenoxy) is 1. The maximum absolute atomic E-state index is 13.6. The molecular formula is C15H10FNO2S. The molecule has 1 aromatic heterocycles. The number of carbonyl (C=O) groups is 1. The van der Waals surface area contributed by atoms with Crippen molar-refractivity contribution in [2.24, 2.45) is 0 Å². The summed E-state index contributed by atoms with van der Waals surface area (Å²) < 4.78 is 18.4. The van der Waals surface area contributed by atoms with Gasteiger partial charge in [-0.25, -0.2) is 4.39 Å². The minimum atomic E-state index is -0.540. The third kappa shape index (κ3) is 2.92. The van der Waals surface area contributed by atoms with Gasteiger partial charge in [0.05, 0.1) is 12.0 Å². The number of nitrogens with zero attached hydrogens (tertiary/aromatic N) is 1. The summed E-state index contributed by atoms with van der Waals surface area (Å²) >= 11 is 1.26. The summed E-state index contributed by atoms with van der Waals surface area (Å²) in [7, 11) is 1.37. The number of nitriles is 1. The van der Waals surface area contributed by atoms with Crippen LogP contribution in [0.2, 0.25) is 0 Å². The number of benzene rings is 1. The molecule has 0 aliphatic rings. The molecule has 0 aliphatic heterocycles. The first-order valence-corrected chi connectivity index (χ1v) is 6.57. The van der Waals surface area contributed by atoms with Gasteiger partial charge in [-0.3, -0.25) is 4.79 Å². The Bertz CT molecular complexity index is 699. The first-order chi connectivity index (χ1) is 9.65. The van der Waals surface area contributed by atoms with Crippen molar-refractivity contribution in [2.75, 3.05) is 7.11 Å². The normalized spacial score (nSPS) is 10.9. The second-order valence-electron chi connectivity index (χ2n) is 3.87. The standard InChI is InChI=1S/C15H10FNO2S/c1-19-13-5-4-10(8-12(13)16)7-11(9-17)15(18)14-3-2-6-20-14/h2-8H,1H3/b11-7+. The summed E-state index contributed by atoms with van der Waals surface area (Å²) in [6, 6.07) is 9.49. The fraction of sp³-hybridized carbons (Fsp3) is 0.0667. The zero-order valence-corrected chi connectivity index (χ0v) is 11.4. The summed E-state index contributed by atoms with van der Waals surface area (Å²) in [5.74, 6) is -0.786. The van der Waals surface area contributed by atoms with Crippen LogP contribution in [0, 0.1) is 17.1 Å². The average Bonchev–Trinajstić information content (AvgIpc) is 2.98. The number of hydrogen-bond donors (Lipinski definition) is 0. The van der Waals surface area contributed by atoms with Crippen molar-refractivity contribution in [1.82, 2.24) is 0 Å². The minimum Gasteiger partial charge on any atom is -0.494 e. The summed E-state index contributed by atoms with van der Waals surface area (Å²) in [6.07, 6.45) is 1.37. The van der Waals surface area contributed by atoms with Gasteiger partial charge < -0.3 is 4.74 Å². The van der Waals surface area contributed by atoms with E-state index in [-0.39, 0.29) is 17.1 Å². The fourth-order valence-corrected chi connectivity index (χ4v) is 2.31. The van der Waals surface area contributed by atoms with Crippen LogP contribution in [0.5, 0.6) is 5.75 Å². The molecule has 0 radical (unpaired) electrons. The summed E-state index contributed by atoms with van der Waals surface area (Å²) in [4.78, 5) is 12.5. The van der Waals surface area contributed by atoms with E-state index in [2.05, 4.69) is 0 Å². The van der Waals surface area contributed by atoms with Crippen LogP contribution < -0.4 is 4.74 Å². The van der Waals surface area contributed by atoms with Crippen molar-refractivity contribution < 1.29 is 13.9 Å². The van der Waals surface area contributed by atoms with Gasteiger partial charge in [-0.15, -0.1) is 11.3 Å². The van der Waals surface area contributed by atoms with Crippen LogP contribution in [0.3, 0.4) is 0 Å². The van der Waals surface area contributed by atoms with Gasteiger partial charge in [-0.05, 0) is 35.2 Å². The molecule has 2 rings (SSSR count). The molecule has 1 aromatic carbocycles. The molecule has 0 N–H and O–H groups in total. The molecule has 0 bridgehead atoms. The number of allylic oxidation sites excluding steroid dienone is 1. The number of hydrogen-bond acceptors (Lipinski definition) is 4. The third-order valence-corrected chi connectivity index (χ3v) is 3.47. The van der Waals surface area contributed by atoms with Crippen molar-refractivity contribution in [3.05, 3.63) is 57.5 Å². The highest BCUT2D eigenvalue weighted by molar-refractivity contribution is 7.12. The van der Waals surface area contributed by atoms with Gasteiger partial charge in [0.1, 0.15) is 11.6 Å². The maximum atomic E-state index is 13.6. The second-order valence-corrected chi connectivity index (χ2v) is 4.82. The number of rotatable bonds is 4. The van der Waals surface area contributed by atoms with Crippen LogP contribution in [0.15, 0.2) is 41.3 Å². The van der Waals surface area contributed by atoms with E-state index in [1.54, 1.807) is 23.6 Å². The van der Waals surface area contributed by atoms with Gasteiger partial charge in [0.15, 0.2) is 11.6 Å². The predicted octanol–water partition coefficient (Wildman–Crippen LogP) is 3.69. The molecule has 0 saturated heterocycles. The number of halogens is 1. The molecule has 0 amide bonds. The van der Waals surface area contributed by atoms with E-state index in [4.69, 9.17) is 10.00 Å². The molecule has 0 aliphatic carbocycles. The zero-order valence-electron chi connectivity index (χ0n) is 10.6. The Morgan fingerprint density at radius 3 is 2.80 bits per heavy atom. The average molecular weight is 287 g/mol. The monoisotopic (exact) mass is 287 g/mol. The molecule has 0 atom stereocenters. The molecular weight excluding hydrogens is 277 g/mol. The first-order valence-electron chi connectivity index (χ1n) is 5.69.